The van der Waals surface area contributed by atoms with Crippen molar-refractivity contribution in [2.75, 3.05) is 6.54 Å². The van der Waals surface area contributed by atoms with Gasteiger partial charge in [-0.25, -0.2) is 4.79 Å². The molecule has 0 aromatic carbocycles. The third kappa shape index (κ3) is 4.14. The summed E-state index contributed by atoms with van der Waals surface area (Å²) in [5.74, 6) is -1.87. The molecule has 1 aliphatic heterocycles. The van der Waals surface area contributed by atoms with E-state index < -0.39 is 42.2 Å². The molecule has 7 N–H and O–H groups in total. The molecule has 1 fully saturated rings. The van der Waals surface area contributed by atoms with Crippen molar-refractivity contribution in [2.45, 2.75) is 50.6 Å². The zero-order valence-electron chi connectivity index (χ0n) is 11.6. The Balaban J connectivity index is 2.70. The number of hydrogen-bond acceptors (Lipinski definition) is 6. The van der Waals surface area contributed by atoms with Crippen LogP contribution in [0.5, 0.6) is 0 Å². The van der Waals surface area contributed by atoms with E-state index >= 15 is 0 Å². The number of β-amino-alcohol motifs (C(OH)–C–C–N with tert-alkyl or cyclic N) is 1. The van der Waals surface area contributed by atoms with Crippen molar-refractivity contribution in [1.29, 1.82) is 0 Å². The summed E-state index contributed by atoms with van der Waals surface area (Å²) in [7, 11) is 0. The number of carboxylic acid groups (broad SMARTS) is 1. The number of hydrogen-bond donors (Lipinski definition) is 6. The lowest BCUT2D eigenvalue weighted by Gasteiger charge is -2.35. The average Bonchev–Trinajstić information content (AvgIpc) is 2.37. The van der Waals surface area contributed by atoms with Crippen LogP contribution in [0.1, 0.15) is 20.3 Å². The van der Waals surface area contributed by atoms with Crippen molar-refractivity contribution in [2.24, 2.45) is 11.7 Å². The third-order valence-corrected chi connectivity index (χ3v) is 3.52. The molecular weight excluding hydrogens is 266 g/mol. The summed E-state index contributed by atoms with van der Waals surface area (Å²) in [4.78, 5) is 23.1. The van der Waals surface area contributed by atoms with Gasteiger partial charge in [-0.05, 0) is 12.3 Å². The molecule has 1 heterocycles. The highest BCUT2D eigenvalue weighted by molar-refractivity contribution is 5.87. The molecular formula is C12H23N3O5. The number of nitrogens with one attached hydrogen (secondary N) is 2. The smallest absolute Gasteiger partial charge is 0.327 e. The fourth-order valence-electron chi connectivity index (χ4n) is 2.05. The number of aliphatic hydroxyl groups is 2. The van der Waals surface area contributed by atoms with Gasteiger partial charge in [-0.2, -0.15) is 0 Å². The van der Waals surface area contributed by atoms with E-state index in [1.807, 2.05) is 0 Å². The number of rotatable bonds is 5. The molecule has 0 bridgehead atoms. The van der Waals surface area contributed by atoms with Gasteiger partial charge in [0.25, 0.3) is 0 Å². The third-order valence-electron chi connectivity index (χ3n) is 3.52. The van der Waals surface area contributed by atoms with Crippen LogP contribution in [0.15, 0.2) is 0 Å². The number of aliphatic carboxylic acids is 1. The Hall–Kier alpha value is -1.22. The minimum Gasteiger partial charge on any atom is -0.480 e. The summed E-state index contributed by atoms with van der Waals surface area (Å²) >= 11 is 0. The SMILES string of the molecule is CC(C)C(N)C(=O)NC(C(=O)O)C1CC(O)C(O)CN1. The molecule has 0 aromatic rings. The highest BCUT2D eigenvalue weighted by atomic mass is 16.4. The maximum atomic E-state index is 11.8. The number of carboxylic acids is 1. The molecule has 0 radical (unpaired) electrons. The summed E-state index contributed by atoms with van der Waals surface area (Å²) in [5, 5.41) is 33.4. The van der Waals surface area contributed by atoms with E-state index in [2.05, 4.69) is 10.6 Å². The van der Waals surface area contributed by atoms with E-state index in [9.17, 15) is 24.9 Å². The minimum atomic E-state index is -1.21. The van der Waals surface area contributed by atoms with E-state index in [4.69, 9.17) is 5.73 Å². The van der Waals surface area contributed by atoms with E-state index in [1.165, 1.54) is 0 Å². The normalized spacial score (nSPS) is 29.8. The van der Waals surface area contributed by atoms with Gasteiger partial charge in [-0.15, -0.1) is 0 Å². The van der Waals surface area contributed by atoms with Crippen molar-refractivity contribution in [1.82, 2.24) is 10.6 Å². The topological polar surface area (TPSA) is 145 Å². The van der Waals surface area contributed by atoms with Gasteiger partial charge in [-0.1, -0.05) is 13.8 Å². The van der Waals surface area contributed by atoms with Crippen LogP contribution < -0.4 is 16.4 Å². The Morgan fingerprint density at radius 2 is 1.90 bits per heavy atom. The van der Waals surface area contributed by atoms with Crippen LogP contribution in [0.2, 0.25) is 0 Å². The fraction of sp³-hybridized carbons (Fsp3) is 0.833. The van der Waals surface area contributed by atoms with Crippen molar-refractivity contribution < 1.29 is 24.9 Å². The van der Waals surface area contributed by atoms with Gasteiger partial charge in [0.15, 0.2) is 0 Å². The van der Waals surface area contributed by atoms with Gasteiger partial charge in [-0.3, -0.25) is 4.79 Å². The second-order valence-corrected chi connectivity index (χ2v) is 5.48. The van der Waals surface area contributed by atoms with E-state index in [1.54, 1.807) is 13.8 Å². The second kappa shape index (κ2) is 6.98. The predicted molar refractivity (Wildman–Crippen MR) is 70.8 cm³/mol. The van der Waals surface area contributed by atoms with Crippen LogP contribution in [0, 0.1) is 5.92 Å². The summed E-state index contributed by atoms with van der Waals surface area (Å²) in [6.45, 7) is 3.60. The van der Waals surface area contributed by atoms with Crippen molar-refractivity contribution in [3.05, 3.63) is 0 Å². The van der Waals surface area contributed by atoms with E-state index in [-0.39, 0.29) is 18.9 Å². The molecule has 0 saturated carbocycles. The standard InChI is InChI=1S/C12H23N3O5/c1-5(2)9(13)11(18)15-10(12(19)20)6-3-7(16)8(17)4-14-6/h5-10,14,16-17H,3-4,13H2,1-2H3,(H,15,18)(H,19,20). The van der Waals surface area contributed by atoms with Gasteiger partial charge in [0.1, 0.15) is 6.04 Å². The quantitative estimate of drug-likeness (QED) is 0.331. The lowest BCUT2D eigenvalue weighted by molar-refractivity contribution is -0.144. The van der Waals surface area contributed by atoms with Gasteiger partial charge in [0.05, 0.1) is 18.2 Å². The van der Waals surface area contributed by atoms with Gasteiger partial charge in [0, 0.05) is 12.6 Å². The highest BCUT2D eigenvalue weighted by Gasteiger charge is 2.37. The number of nitrogens with two attached hydrogens (primary N) is 1. The van der Waals surface area contributed by atoms with Crippen molar-refractivity contribution in [3.63, 3.8) is 0 Å². The summed E-state index contributed by atoms with van der Waals surface area (Å²) < 4.78 is 0. The Kier molecular flexibility index (Phi) is 5.88. The van der Waals surface area contributed by atoms with Gasteiger partial charge in [0.2, 0.25) is 5.91 Å². The fourth-order valence-corrected chi connectivity index (χ4v) is 2.05. The first-order chi connectivity index (χ1) is 9.23. The maximum absolute atomic E-state index is 11.8. The Morgan fingerprint density at radius 3 is 2.35 bits per heavy atom. The lowest BCUT2D eigenvalue weighted by atomic mass is 9.93. The molecule has 116 valence electrons. The van der Waals surface area contributed by atoms with Crippen LogP contribution in [0.25, 0.3) is 0 Å². The van der Waals surface area contributed by atoms with Crippen LogP contribution in [-0.4, -0.2) is 64.1 Å². The molecule has 1 saturated heterocycles. The Bertz CT molecular complexity index is 363. The van der Waals surface area contributed by atoms with Crippen molar-refractivity contribution >= 4 is 11.9 Å². The van der Waals surface area contributed by atoms with Crippen molar-refractivity contribution in [3.8, 4) is 0 Å². The molecule has 0 aromatic heterocycles. The summed E-state index contributed by atoms with van der Waals surface area (Å²) in [6, 6.07) is -2.65. The van der Waals surface area contributed by atoms with Gasteiger partial charge >= 0.3 is 5.97 Å². The largest absolute Gasteiger partial charge is 0.480 e. The highest BCUT2D eigenvalue weighted by Crippen LogP contribution is 2.13. The number of aliphatic hydroxyl groups excluding tert-OH is 2. The molecule has 8 heteroatoms. The van der Waals surface area contributed by atoms with E-state index in [0.717, 1.165) is 0 Å². The average molecular weight is 289 g/mol. The molecule has 0 aliphatic carbocycles. The zero-order valence-corrected chi connectivity index (χ0v) is 11.6. The Labute approximate surface area is 117 Å². The predicted octanol–water partition coefficient (Wildman–Crippen LogP) is -2.38. The number of amides is 1. The first-order valence-electron chi connectivity index (χ1n) is 6.62. The zero-order chi connectivity index (χ0) is 15.4. The molecule has 20 heavy (non-hydrogen) atoms. The van der Waals surface area contributed by atoms with E-state index in [0.29, 0.717) is 0 Å². The van der Waals surface area contributed by atoms with Gasteiger partial charge < -0.3 is 31.7 Å². The molecule has 1 rings (SSSR count). The summed E-state index contributed by atoms with van der Waals surface area (Å²) in [6.07, 6.45) is -1.91. The van der Waals surface area contributed by atoms with Crippen LogP contribution in [0.3, 0.4) is 0 Å². The second-order valence-electron chi connectivity index (χ2n) is 5.48. The minimum absolute atomic E-state index is 0.0370. The van der Waals surface area contributed by atoms with Crippen LogP contribution >= 0.6 is 0 Å². The number of carbonyl (C=O) groups excluding carboxylic acids is 1. The first-order valence-corrected chi connectivity index (χ1v) is 6.62. The van der Waals surface area contributed by atoms with Crippen LogP contribution in [0.4, 0.5) is 0 Å². The first kappa shape index (κ1) is 16.8. The maximum Gasteiger partial charge on any atom is 0.327 e. The monoisotopic (exact) mass is 289 g/mol. The lowest BCUT2D eigenvalue weighted by Crippen LogP contribution is -2.62. The molecule has 8 nitrogen and oxygen atoms in total. The molecule has 5 atom stereocenters. The summed E-state index contributed by atoms with van der Waals surface area (Å²) in [5.41, 5.74) is 5.67. The number of carbonyl (C=O) groups is 2. The molecule has 1 amide bonds. The molecule has 0 spiro atoms. The Morgan fingerprint density at radius 1 is 1.30 bits per heavy atom. The molecule has 5 unspecified atom stereocenters. The van der Waals surface area contributed by atoms with Crippen LogP contribution in [-0.2, 0) is 9.59 Å². The number of piperidine rings is 1. The molecule has 1 aliphatic rings.